The molecule has 2 atom stereocenters. The van der Waals surface area contributed by atoms with Gasteiger partial charge in [0.05, 0.1) is 0 Å². The van der Waals surface area contributed by atoms with Gasteiger partial charge in [-0.3, -0.25) is 4.90 Å². The van der Waals surface area contributed by atoms with Crippen LogP contribution in [0.4, 0.5) is 4.79 Å². The molecule has 1 aromatic carbocycles. The van der Waals surface area contributed by atoms with Gasteiger partial charge >= 0.3 is 6.09 Å². The number of benzene rings is 1. The van der Waals surface area contributed by atoms with Crippen LogP contribution < -0.4 is 0 Å². The van der Waals surface area contributed by atoms with Crippen molar-refractivity contribution in [2.75, 3.05) is 6.54 Å². The Morgan fingerprint density at radius 2 is 2.00 bits per heavy atom. The van der Waals surface area contributed by atoms with Crippen LogP contribution in [0.15, 0.2) is 35.9 Å². The van der Waals surface area contributed by atoms with Gasteiger partial charge in [0.2, 0.25) is 0 Å². The van der Waals surface area contributed by atoms with Crippen LogP contribution in [0.1, 0.15) is 51.8 Å². The maximum absolute atomic E-state index is 12.5. The number of aromatic amines is 1. The normalized spacial score (nSPS) is 25.1. The lowest BCUT2D eigenvalue weighted by atomic mass is 9.88. The van der Waals surface area contributed by atoms with Crippen molar-refractivity contribution in [3.63, 3.8) is 0 Å². The van der Waals surface area contributed by atoms with E-state index < -0.39 is 17.4 Å². The highest BCUT2D eigenvalue weighted by Crippen LogP contribution is 2.41. The number of hydrogen-bond donors (Lipinski definition) is 2. The molecule has 0 saturated carbocycles. The first-order valence-electron chi connectivity index (χ1n) is 9.58. The van der Waals surface area contributed by atoms with Gasteiger partial charge in [0.1, 0.15) is 0 Å². The molecular weight excluding hydrogens is 340 g/mol. The van der Waals surface area contributed by atoms with E-state index in [1.807, 2.05) is 45.9 Å². The topological polar surface area (TPSA) is 65.6 Å². The van der Waals surface area contributed by atoms with Crippen molar-refractivity contribution in [1.82, 2.24) is 9.88 Å². The quantitative estimate of drug-likeness (QED) is 0.725. The zero-order chi connectivity index (χ0) is 19.8. The van der Waals surface area contributed by atoms with E-state index in [1.54, 1.807) is 6.92 Å². The summed E-state index contributed by atoms with van der Waals surface area (Å²) in [5, 5.41) is 12.3. The van der Waals surface area contributed by atoms with Crippen molar-refractivity contribution in [2.45, 2.75) is 65.2 Å². The molecule has 0 radical (unpaired) electrons. The Morgan fingerprint density at radius 1 is 1.30 bits per heavy atom. The summed E-state index contributed by atoms with van der Waals surface area (Å²) in [6, 6.07) is 8.15. The number of carbonyl (C=O) groups excluding carboxylic acids is 1. The molecule has 0 spiro atoms. The van der Waals surface area contributed by atoms with Gasteiger partial charge in [-0.15, -0.1) is 0 Å². The number of carbonyl (C=O) groups is 1. The first kappa shape index (κ1) is 19.5. The van der Waals surface area contributed by atoms with E-state index in [-0.39, 0.29) is 0 Å². The minimum absolute atomic E-state index is 0.409. The average molecular weight is 370 g/mol. The predicted molar refractivity (Wildman–Crippen MR) is 108 cm³/mol. The van der Waals surface area contributed by atoms with Crippen molar-refractivity contribution in [2.24, 2.45) is 0 Å². The van der Waals surface area contributed by atoms with Crippen LogP contribution in [0.2, 0.25) is 0 Å². The van der Waals surface area contributed by atoms with E-state index in [1.165, 1.54) is 16.0 Å². The lowest BCUT2D eigenvalue weighted by Gasteiger charge is -2.37. The first-order chi connectivity index (χ1) is 12.7. The standard InChI is InChI=1S/C22H30N2O3/c1-15(2)9-8-13-21(4)22(5,26)24(20(25)27-21)14-12-17-16(3)23-19-11-7-6-10-18(17)19/h6-7,9-11,23,26H,8,12-14H2,1-5H3/t21-,22-/m1/s1. The van der Waals surface area contributed by atoms with Crippen LogP contribution >= 0.6 is 0 Å². The molecule has 5 heteroatoms. The van der Waals surface area contributed by atoms with Gasteiger partial charge in [0.15, 0.2) is 11.3 Å². The second-order valence-electron chi connectivity index (χ2n) is 8.12. The summed E-state index contributed by atoms with van der Waals surface area (Å²) in [6.07, 6.45) is 3.66. The maximum atomic E-state index is 12.5. The van der Waals surface area contributed by atoms with Gasteiger partial charge in [-0.25, -0.2) is 4.79 Å². The number of aliphatic hydroxyl groups is 1. The Labute approximate surface area is 161 Å². The molecule has 1 amide bonds. The second kappa shape index (κ2) is 7.04. The fraction of sp³-hybridized carbons (Fsp3) is 0.500. The van der Waals surface area contributed by atoms with Gasteiger partial charge in [-0.2, -0.15) is 0 Å². The molecule has 1 saturated heterocycles. The summed E-state index contributed by atoms with van der Waals surface area (Å²) in [7, 11) is 0. The van der Waals surface area contributed by atoms with Crippen molar-refractivity contribution < 1.29 is 14.6 Å². The Balaban J connectivity index is 1.77. The number of cyclic esters (lactones) is 1. The Kier molecular flexibility index (Phi) is 5.08. The minimum Gasteiger partial charge on any atom is -0.438 e. The Bertz CT molecular complexity index is 877. The van der Waals surface area contributed by atoms with Crippen molar-refractivity contribution in [1.29, 1.82) is 0 Å². The largest absolute Gasteiger partial charge is 0.438 e. The summed E-state index contributed by atoms with van der Waals surface area (Å²) in [4.78, 5) is 17.4. The molecular formula is C22H30N2O3. The second-order valence-corrected chi connectivity index (χ2v) is 8.12. The molecule has 1 aliphatic heterocycles. The van der Waals surface area contributed by atoms with Crippen LogP contribution in [0.3, 0.4) is 0 Å². The molecule has 27 heavy (non-hydrogen) atoms. The molecule has 2 N–H and O–H groups in total. The number of rotatable bonds is 6. The van der Waals surface area contributed by atoms with Gasteiger partial charge in [0, 0.05) is 23.1 Å². The molecule has 2 aromatic rings. The van der Waals surface area contributed by atoms with Crippen LogP contribution in [0.5, 0.6) is 0 Å². The molecule has 0 unspecified atom stereocenters. The smallest absolute Gasteiger partial charge is 0.412 e. The highest BCUT2D eigenvalue weighted by atomic mass is 16.6. The summed E-state index contributed by atoms with van der Waals surface area (Å²) in [6.45, 7) is 10.0. The highest BCUT2D eigenvalue weighted by molar-refractivity contribution is 5.84. The number of fused-ring (bicyclic) bond motifs is 1. The predicted octanol–water partition coefficient (Wildman–Crippen LogP) is 4.68. The third-order valence-corrected chi connectivity index (χ3v) is 5.85. The van der Waals surface area contributed by atoms with Gasteiger partial charge in [0.25, 0.3) is 0 Å². The van der Waals surface area contributed by atoms with Crippen LogP contribution in [0, 0.1) is 6.92 Å². The zero-order valence-corrected chi connectivity index (χ0v) is 16.9. The number of amides is 1. The van der Waals surface area contributed by atoms with E-state index in [2.05, 4.69) is 17.1 Å². The number of aryl methyl sites for hydroxylation is 1. The van der Waals surface area contributed by atoms with E-state index in [0.29, 0.717) is 19.4 Å². The molecule has 1 aliphatic rings. The SMILES string of the molecule is CC(C)=CCC[C@@]1(C)OC(=O)N(CCc2c(C)[nH]c3ccccc23)[C@]1(C)O. The van der Waals surface area contributed by atoms with E-state index in [0.717, 1.165) is 23.0 Å². The van der Waals surface area contributed by atoms with Crippen LogP contribution in [0.25, 0.3) is 10.9 Å². The highest BCUT2D eigenvalue weighted by Gasteiger charge is 2.58. The molecule has 146 valence electrons. The monoisotopic (exact) mass is 370 g/mol. The molecule has 2 heterocycles. The molecule has 1 aromatic heterocycles. The molecule has 5 nitrogen and oxygen atoms in total. The fourth-order valence-electron chi connectivity index (χ4n) is 3.92. The van der Waals surface area contributed by atoms with Crippen molar-refractivity contribution in [3.05, 3.63) is 47.2 Å². The number of H-pyrrole nitrogens is 1. The number of aromatic nitrogens is 1. The number of para-hydroxylation sites is 1. The maximum Gasteiger partial charge on any atom is 0.412 e. The van der Waals surface area contributed by atoms with E-state index >= 15 is 0 Å². The van der Waals surface area contributed by atoms with Crippen molar-refractivity contribution >= 4 is 17.0 Å². The summed E-state index contributed by atoms with van der Waals surface area (Å²) in [5.74, 6) is 0. The summed E-state index contributed by atoms with van der Waals surface area (Å²) in [5.41, 5.74) is 2.30. The Hall–Kier alpha value is -2.27. The summed E-state index contributed by atoms with van der Waals surface area (Å²) >= 11 is 0. The lowest BCUT2D eigenvalue weighted by molar-refractivity contribution is -0.138. The number of allylic oxidation sites excluding steroid dienone is 2. The number of ether oxygens (including phenoxy) is 1. The number of hydrogen-bond acceptors (Lipinski definition) is 3. The lowest BCUT2D eigenvalue weighted by Crippen LogP contribution is -2.55. The zero-order valence-electron chi connectivity index (χ0n) is 16.9. The third kappa shape index (κ3) is 3.48. The summed E-state index contributed by atoms with van der Waals surface area (Å²) < 4.78 is 5.65. The fourth-order valence-corrected chi connectivity index (χ4v) is 3.92. The number of nitrogens with one attached hydrogen (secondary N) is 1. The van der Waals surface area contributed by atoms with E-state index in [9.17, 15) is 9.90 Å². The van der Waals surface area contributed by atoms with Crippen molar-refractivity contribution in [3.8, 4) is 0 Å². The van der Waals surface area contributed by atoms with Crippen LogP contribution in [-0.4, -0.2) is 39.0 Å². The molecule has 0 aliphatic carbocycles. The van der Waals surface area contributed by atoms with Crippen LogP contribution in [-0.2, 0) is 11.2 Å². The molecule has 1 fully saturated rings. The van der Waals surface area contributed by atoms with E-state index in [4.69, 9.17) is 4.74 Å². The van der Waals surface area contributed by atoms with Gasteiger partial charge in [-0.1, -0.05) is 29.8 Å². The minimum atomic E-state index is -1.35. The average Bonchev–Trinajstić information content (AvgIpc) is 2.97. The van der Waals surface area contributed by atoms with Gasteiger partial charge in [-0.05, 0) is 65.5 Å². The molecule has 3 rings (SSSR count). The Morgan fingerprint density at radius 3 is 2.70 bits per heavy atom. The van der Waals surface area contributed by atoms with Gasteiger partial charge < -0.3 is 14.8 Å². The first-order valence-corrected chi connectivity index (χ1v) is 9.58. The molecule has 0 bridgehead atoms. The number of nitrogens with zero attached hydrogens (tertiary/aromatic N) is 1. The third-order valence-electron chi connectivity index (χ3n) is 5.85.